The highest BCUT2D eigenvalue weighted by atomic mass is 32.2. The molecule has 90 valence electrons. The normalized spacial score (nSPS) is 27.4. The molecule has 1 fully saturated rings. The van der Waals surface area contributed by atoms with Crippen LogP contribution in [0.2, 0.25) is 0 Å². The van der Waals surface area contributed by atoms with Gasteiger partial charge < -0.3 is 5.11 Å². The number of aliphatic carboxylic acids is 1. The topological polar surface area (TPSA) is 71.4 Å². The van der Waals surface area contributed by atoms with Crippen LogP contribution in [0.25, 0.3) is 0 Å². The van der Waals surface area contributed by atoms with E-state index in [1.165, 1.54) is 0 Å². The molecule has 1 unspecified atom stereocenters. The Kier molecular flexibility index (Phi) is 1.96. The van der Waals surface area contributed by atoms with E-state index in [0.29, 0.717) is 23.3 Å². The quantitative estimate of drug-likeness (QED) is 0.864. The lowest BCUT2D eigenvalue weighted by Gasteiger charge is -2.17. The zero-order valence-corrected chi connectivity index (χ0v) is 9.90. The average Bonchev–Trinajstić information content (AvgIpc) is 3.03. The number of carbonyl (C=O) groups is 1. The van der Waals surface area contributed by atoms with E-state index in [0.717, 1.165) is 0 Å². The van der Waals surface area contributed by atoms with Gasteiger partial charge in [0.1, 0.15) is 0 Å². The number of fused-ring (bicyclic) bond motifs is 1. The van der Waals surface area contributed by atoms with E-state index in [2.05, 4.69) is 0 Å². The first-order chi connectivity index (χ1) is 7.97. The van der Waals surface area contributed by atoms with Crippen LogP contribution in [0.5, 0.6) is 0 Å². The summed E-state index contributed by atoms with van der Waals surface area (Å²) >= 11 is 0. The van der Waals surface area contributed by atoms with Gasteiger partial charge in [0.25, 0.3) is 0 Å². The molecule has 1 saturated carbocycles. The molecule has 4 nitrogen and oxygen atoms in total. The minimum atomic E-state index is -3.29. The van der Waals surface area contributed by atoms with Gasteiger partial charge in [-0.05, 0) is 24.5 Å². The van der Waals surface area contributed by atoms with Crippen molar-refractivity contribution in [2.45, 2.75) is 23.7 Å². The molecule has 1 N–H and O–H groups in total. The molecule has 0 bridgehead atoms. The van der Waals surface area contributed by atoms with Gasteiger partial charge in [0, 0.05) is 5.92 Å². The minimum Gasteiger partial charge on any atom is -0.481 e. The van der Waals surface area contributed by atoms with Crippen LogP contribution in [-0.2, 0) is 14.6 Å². The van der Waals surface area contributed by atoms with Gasteiger partial charge in [0.2, 0.25) is 0 Å². The van der Waals surface area contributed by atoms with Crippen molar-refractivity contribution in [2.24, 2.45) is 5.41 Å². The van der Waals surface area contributed by atoms with Crippen molar-refractivity contribution in [3.63, 3.8) is 0 Å². The van der Waals surface area contributed by atoms with Gasteiger partial charge in [0.05, 0.1) is 16.1 Å². The largest absolute Gasteiger partial charge is 0.481 e. The van der Waals surface area contributed by atoms with E-state index in [-0.39, 0.29) is 11.7 Å². The van der Waals surface area contributed by atoms with E-state index in [1.54, 1.807) is 24.3 Å². The Morgan fingerprint density at radius 2 is 1.94 bits per heavy atom. The number of sulfone groups is 1. The molecule has 1 heterocycles. The molecule has 1 aliphatic heterocycles. The fraction of sp³-hybridized carbons (Fsp3) is 0.417. The van der Waals surface area contributed by atoms with Crippen LogP contribution < -0.4 is 0 Å². The fourth-order valence-electron chi connectivity index (χ4n) is 2.75. The lowest BCUT2D eigenvalue weighted by Crippen LogP contribution is -2.25. The standard InChI is InChI=1S/C12H12O4S/c13-11(14)12(5-6-12)9-7-17(15,16)10-4-2-1-3-8(9)10/h1-4,9H,5-7H2,(H,13,14). The lowest BCUT2D eigenvalue weighted by atomic mass is 9.85. The maximum atomic E-state index is 12.0. The summed E-state index contributed by atoms with van der Waals surface area (Å²) in [5.41, 5.74) is -0.146. The molecule has 1 aromatic rings. The summed E-state index contributed by atoms with van der Waals surface area (Å²) in [5, 5.41) is 9.27. The Balaban J connectivity index is 2.16. The second-order valence-electron chi connectivity index (χ2n) is 4.83. The molecule has 17 heavy (non-hydrogen) atoms. The number of carboxylic acids is 1. The number of rotatable bonds is 2. The Labute approximate surface area is 99.2 Å². The van der Waals surface area contributed by atoms with Gasteiger partial charge in [-0.25, -0.2) is 8.42 Å². The van der Waals surface area contributed by atoms with E-state index in [4.69, 9.17) is 0 Å². The smallest absolute Gasteiger partial charge is 0.310 e. The summed E-state index contributed by atoms with van der Waals surface area (Å²) in [5.74, 6) is -1.30. The number of carboxylic acid groups (broad SMARTS) is 1. The van der Waals surface area contributed by atoms with Gasteiger partial charge >= 0.3 is 5.97 Å². The van der Waals surface area contributed by atoms with E-state index in [1.807, 2.05) is 0 Å². The minimum absolute atomic E-state index is 0.0569. The third kappa shape index (κ3) is 1.35. The van der Waals surface area contributed by atoms with Crippen LogP contribution in [0.15, 0.2) is 29.2 Å². The van der Waals surface area contributed by atoms with Crippen LogP contribution in [-0.4, -0.2) is 25.2 Å². The maximum absolute atomic E-state index is 12.0. The number of hydrogen-bond donors (Lipinski definition) is 1. The maximum Gasteiger partial charge on any atom is 0.310 e. The number of benzene rings is 1. The Morgan fingerprint density at radius 1 is 1.29 bits per heavy atom. The van der Waals surface area contributed by atoms with Crippen molar-refractivity contribution in [1.82, 2.24) is 0 Å². The summed E-state index contributed by atoms with van der Waals surface area (Å²) in [4.78, 5) is 11.6. The van der Waals surface area contributed by atoms with Crippen LogP contribution in [0.4, 0.5) is 0 Å². The van der Waals surface area contributed by atoms with Gasteiger partial charge in [0.15, 0.2) is 9.84 Å². The molecule has 0 amide bonds. The second kappa shape index (κ2) is 3.10. The molecule has 0 saturated heterocycles. The highest BCUT2D eigenvalue weighted by molar-refractivity contribution is 7.91. The fourth-order valence-corrected chi connectivity index (χ4v) is 4.73. The molecule has 2 aliphatic rings. The summed E-state index contributed by atoms with van der Waals surface area (Å²) in [6.07, 6.45) is 1.16. The van der Waals surface area contributed by atoms with Crippen molar-refractivity contribution in [3.8, 4) is 0 Å². The molecule has 1 atom stereocenters. The van der Waals surface area contributed by atoms with Gasteiger partial charge in [-0.2, -0.15) is 0 Å². The monoisotopic (exact) mass is 252 g/mol. The van der Waals surface area contributed by atoms with E-state index in [9.17, 15) is 18.3 Å². The van der Waals surface area contributed by atoms with Gasteiger partial charge in [-0.1, -0.05) is 18.2 Å². The molecule has 0 radical (unpaired) electrons. The Bertz CT molecular complexity index is 599. The van der Waals surface area contributed by atoms with Crippen molar-refractivity contribution in [1.29, 1.82) is 0 Å². The third-order valence-electron chi connectivity index (χ3n) is 3.90. The van der Waals surface area contributed by atoms with Crippen LogP contribution >= 0.6 is 0 Å². The van der Waals surface area contributed by atoms with E-state index >= 15 is 0 Å². The zero-order valence-electron chi connectivity index (χ0n) is 9.09. The second-order valence-corrected chi connectivity index (χ2v) is 6.84. The molecule has 5 heteroatoms. The van der Waals surface area contributed by atoms with Gasteiger partial charge in [-0.3, -0.25) is 4.79 Å². The lowest BCUT2D eigenvalue weighted by molar-refractivity contribution is -0.144. The summed E-state index contributed by atoms with van der Waals surface area (Å²) in [6.45, 7) is 0. The number of hydrogen-bond acceptors (Lipinski definition) is 3. The first kappa shape index (κ1) is 10.8. The van der Waals surface area contributed by atoms with Crippen molar-refractivity contribution >= 4 is 15.8 Å². The first-order valence-corrected chi connectivity index (χ1v) is 7.18. The highest BCUT2D eigenvalue weighted by Crippen LogP contribution is 2.59. The molecule has 1 aromatic carbocycles. The van der Waals surface area contributed by atoms with Crippen LogP contribution in [0.3, 0.4) is 0 Å². The summed E-state index contributed by atoms with van der Waals surface area (Å²) < 4.78 is 23.9. The molecular formula is C12H12O4S. The van der Waals surface area contributed by atoms with Crippen molar-refractivity contribution in [2.75, 3.05) is 5.75 Å². The predicted molar refractivity (Wildman–Crippen MR) is 60.5 cm³/mol. The van der Waals surface area contributed by atoms with Crippen molar-refractivity contribution in [3.05, 3.63) is 29.8 Å². The predicted octanol–water partition coefficient (Wildman–Crippen LogP) is 1.42. The first-order valence-electron chi connectivity index (χ1n) is 5.52. The molecular weight excluding hydrogens is 240 g/mol. The molecule has 0 spiro atoms. The molecule has 0 aromatic heterocycles. The SMILES string of the molecule is O=C(O)C1(C2CS(=O)(=O)c3ccccc32)CC1. The Hall–Kier alpha value is -1.36. The molecule has 3 rings (SSSR count). The summed E-state index contributed by atoms with van der Waals surface area (Å²) in [7, 11) is -3.29. The zero-order chi connectivity index (χ0) is 12.3. The van der Waals surface area contributed by atoms with Crippen LogP contribution in [0.1, 0.15) is 24.3 Å². The Morgan fingerprint density at radius 3 is 2.53 bits per heavy atom. The van der Waals surface area contributed by atoms with Crippen LogP contribution in [0, 0.1) is 5.41 Å². The third-order valence-corrected chi connectivity index (χ3v) is 5.71. The van der Waals surface area contributed by atoms with Gasteiger partial charge in [-0.15, -0.1) is 0 Å². The highest BCUT2D eigenvalue weighted by Gasteiger charge is 2.60. The molecule has 1 aliphatic carbocycles. The van der Waals surface area contributed by atoms with Crippen molar-refractivity contribution < 1.29 is 18.3 Å². The summed E-state index contributed by atoms with van der Waals surface area (Å²) in [6, 6.07) is 6.76. The average molecular weight is 252 g/mol. The van der Waals surface area contributed by atoms with E-state index < -0.39 is 21.2 Å².